The van der Waals surface area contributed by atoms with E-state index in [0.29, 0.717) is 36.9 Å². The van der Waals surface area contributed by atoms with Gasteiger partial charge in [0.2, 0.25) is 0 Å². The van der Waals surface area contributed by atoms with Gasteiger partial charge >= 0.3 is 55.3 Å². The Morgan fingerprint density at radius 1 is 0.337 bits per heavy atom. The second-order valence-electron chi connectivity index (χ2n) is 28.1. The third-order valence-corrected chi connectivity index (χ3v) is 18.6. The number of nitrogens with zero attached hydrogens (tertiary/aromatic N) is 1. The van der Waals surface area contributed by atoms with Crippen LogP contribution in [0.15, 0.2) is 0 Å². The molecule has 0 bridgehead atoms. The van der Waals surface area contributed by atoms with Crippen molar-refractivity contribution in [2.45, 2.75) is 412 Å². The average Bonchev–Trinajstić information content (AvgIpc) is 1.98. The molecule has 1 unspecified atom stereocenters. The molecule has 0 saturated heterocycles. The molecule has 0 saturated carbocycles. The van der Waals surface area contributed by atoms with Crippen molar-refractivity contribution in [3.05, 3.63) is 0 Å². The maximum atomic E-state index is 12.7. The normalized spacial score (nSPS) is 12.8. The van der Waals surface area contributed by atoms with Gasteiger partial charge in [0.05, 0.1) is 41.0 Å². The fraction of sp³-hybridized carbons (Fsp3) is 0.961. The number of quaternary nitrogens is 1. The molecule has 15 heteroatoms. The van der Waals surface area contributed by atoms with Crippen LogP contribution in [0, 0.1) is 0 Å². The quantitative estimate of drug-likeness (QED) is 0.0148. The van der Waals surface area contributed by atoms with E-state index < -0.39 is 20.0 Å². The van der Waals surface area contributed by atoms with Crippen LogP contribution in [-0.4, -0.2) is 112 Å². The first-order valence-corrected chi connectivity index (χ1v) is 40.9. The summed E-state index contributed by atoms with van der Waals surface area (Å²) in [5.74, 6) is -0.889. The smallest absolute Gasteiger partial charge is 0.462 e. The number of unbranched alkanes of at least 4 members (excludes halogenated alkanes) is 51. The fourth-order valence-electron chi connectivity index (χ4n) is 11.5. The van der Waals surface area contributed by atoms with E-state index in [1.807, 2.05) is 21.1 Å². The van der Waals surface area contributed by atoms with E-state index in [2.05, 4.69) is 27.7 Å². The fourth-order valence-corrected chi connectivity index (χ4v) is 12.2. The molecule has 0 aromatic heterocycles. The molecule has 0 spiro atoms. The summed E-state index contributed by atoms with van der Waals surface area (Å²) in [6.45, 7) is 9.81. The van der Waals surface area contributed by atoms with Gasteiger partial charge in [-0.1, -0.05) is 355 Å². The molecule has 544 valence electrons. The summed E-state index contributed by atoms with van der Waals surface area (Å²) in [5, 5.41) is 9.50. The minimum absolute atomic E-state index is 0. The van der Waals surface area contributed by atoms with E-state index in [1.54, 1.807) is 0 Å². The van der Waals surface area contributed by atoms with Crippen LogP contribution in [0.2, 0.25) is 0 Å². The molecule has 2 N–H and O–H groups in total. The predicted molar refractivity (Wildman–Crippen MR) is 384 cm³/mol. The first-order chi connectivity index (χ1) is 44.2. The molecular weight excluding hydrogens is 1180 g/mol. The summed E-state index contributed by atoms with van der Waals surface area (Å²) in [6.07, 6.45) is 69.9. The van der Waals surface area contributed by atoms with Gasteiger partial charge in [0, 0.05) is 25.9 Å². The number of rotatable bonds is 73. The van der Waals surface area contributed by atoms with E-state index in [9.17, 15) is 28.9 Å². The molecule has 0 aliphatic heterocycles. The van der Waals surface area contributed by atoms with E-state index in [-0.39, 0.29) is 80.5 Å². The Balaban J connectivity index is -0.00000175. The Bertz CT molecular complexity index is 1560. The summed E-state index contributed by atoms with van der Waals surface area (Å²) in [6, 6.07) is 0. The Hall–Kier alpha value is -0.600. The van der Waals surface area contributed by atoms with Crippen molar-refractivity contribution in [1.29, 1.82) is 0 Å². The molecule has 0 aromatic rings. The molecule has 0 radical (unpaired) electrons. The zero-order valence-corrected chi connectivity index (χ0v) is 65.4. The number of phosphoric acid groups is 1. The van der Waals surface area contributed by atoms with Gasteiger partial charge in [0.15, 0.2) is 6.10 Å². The number of aliphatic hydroxyl groups is 1. The second kappa shape index (κ2) is 76.2. The topological polar surface area (TPSA) is 164 Å². The molecule has 0 aromatic carbocycles. The summed E-state index contributed by atoms with van der Waals surface area (Å²) >= 11 is 0. The van der Waals surface area contributed by atoms with Crippen LogP contribution in [0.25, 0.3) is 0 Å². The molecule has 0 rings (SSSR count). The number of hydrogen-bond donors (Lipinski definition) is 2. The average molecular weight is 1340 g/mol. The van der Waals surface area contributed by atoms with Crippen LogP contribution in [0.4, 0.5) is 0 Å². The first kappa shape index (κ1) is 95.6. The van der Waals surface area contributed by atoms with Crippen molar-refractivity contribution < 1.29 is 91.0 Å². The van der Waals surface area contributed by atoms with Gasteiger partial charge in [0.25, 0.3) is 0 Å². The maximum Gasteiger partial charge on any atom is 1.00 e. The molecule has 0 amide bonds. The van der Waals surface area contributed by atoms with Crippen LogP contribution >= 0.6 is 7.82 Å². The molecule has 13 nitrogen and oxygen atoms in total. The number of carbonyl (C=O) groups excluding carboxylic acids is 3. The maximum absolute atomic E-state index is 12.7. The standard InChI is InChI=1S/C42H86NO7P.C35H68O5.Na/c1-6-8-10-12-14-16-18-20-22-23-25-27-29-31-33-35-42(44)50-41(40-49-51(45,46)48-38-36-43(3,4)5)39-47-37-34-32-30-28-26-24-21-19-17-15-13-11-9-7-2;1-3-5-7-9-11-13-15-16-17-18-20-21-23-25-27-29-34(37)39-32-33(31-36)40-35(38)30-28-26-24-22-19-14-12-10-8-6-4-2;/h41H,6-40H2,1-5H3;33,36H,3-32H2,1-2H3;/q;;+1/p+1/t41-;33-;/m10./s1. The summed E-state index contributed by atoms with van der Waals surface area (Å²) < 4.78 is 45.5. The minimum Gasteiger partial charge on any atom is -0.462 e. The molecule has 0 heterocycles. The summed E-state index contributed by atoms with van der Waals surface area (Å²) in [5.41, 5.74) is 0. The van der Waals surface area contributed by atoms with Crippen LogP contribution in [-0.2, 0) is 46.9 Å². The number of aliphatic hydroxyl groups excluding tert-OH is 1. The van der Waals surface area contributed by atoms with Crippen LogP contribution in [0.1, 0.15) is 400 Å². The monoisotopic (exact) mass is 1340 g/mol. The van der Waals surface area contributed by atoms with Crippen molar-refractivity contribution in [2.75, 3.05) is 67.3 Å². The van der Waals surface area contributed by atoms with Crippen molar-refractivity contribution in [2.24, 2.45) is 0 Å². The molecular formula is C77H155NNaO12P+2. The van der Waals surface area contributed by atoms with E-state index in [1.165, 1.54) is 289 Å². The second-order valence-corrected chi connectivity index (χ2v) is 29.5. The zero-order chi connectivity index (χ0) is 67.1. The molecule has 0 fully saturated rings. The number of ether oxygens (including phenoxy) is 4. The van der Waals surface area contributed by atoms with Crippen molar-refractivity contribution in [3.8, 4) is 0 Å². The minimum atomic E-state index is -4.26. The number of hydrogen-bond acceptors (Lipinski definition) is 11. The van der Waals surface area contributed by atoms with E-state index in [4.69, 9.17) is 28.0 Å². The van der Waals surface area contributed by atoms with Crippen LogP contribution in [0.5, 0.6) is 0 Å². The third-order valence-electron chi connectivity index (χ3n) is 17.6. The Labute approximate surface area is 592 Å². The van der Waals surface area contributed by atoms with Gasteiger partial charge in [-0.15, -0.1) is 0 Å². The van der Waals surface area contributed by atoms with Gasteiger partial charge in [0.1, 0.15) is 25.9 Å². The van der Waals surface area contributed by atoms with Gasteiger partial charge in [-0.3, -0.25) is 23.4 Å². The van der Waals surface area contributed by atoms with Gasteiger partial charge in [-0.25, -0.2) is 4.57 Å². The number of esters is 3. The molecule has 3 atom stereocenters. The number of carbonyl (C=O) groups is 3. The first-order valence-electron chi connectivity index (χ1n) is 39.4. The molecule has 0 aliphatic rings. The zero-order valence-electron chi connectivity index (χ0n) is 62.5. The van der Waals surface area contributed by atoms with E-state index >= 15 is 0 Å². The largest absolute Gasteiger partial charge is 1.00 e. The van der Waals surface area contributed by atoms with Crippen LogP contribution in [0.3, 0.4) is 0 Å². The van der Waals surface area contributed by atoms with Crippen LogP contribution < -0.4 is 29.6 Å². The SMILES string of the molecule is CCCCCCCCCCCCCCCCCC(=O)OC[C@H](CO)OC(=O)CCCCCCCCCCCCC.CCCCCCCCCCCCCCCCCC(=O)O[C@H](COCCCCCCCCCCCCCCCC)COP(=O)(O)OCC[N+](C)(C)C.[Na+]. The van der Waals surface area contributed by atoms with Crippen molar-refractivity contribution >= 4 is 25.7 Å². The summed E-state index contributed by atoms with van der Waals surface area (Å²) in [7, 11) is 1.68. The van der Waals surface area contributed by atoms with Gasteiger partial charge < -0.3 is 33.4 Å². The molecule has 0 aliphatic carbocycles. The van der Waals surface area contributed by atoms with E-state index in [0.717, 1.165) is 64.2 Å². The third kappa shape index (κ3) is 80.1. The number of phosphoric ester groups is 1. The van der Waals surface area contributed by atoms with Crippen molar-refractivity contribution in [1.82, 2.24) is 0 Å². The van der Waals surface area contributed by atoms with Gasteiger partial charge in [-0.2, -0.15) is 0 Å². The molecule has 92 heavy (non-hydrogen) atoms. The predicted octanol–water partition coefficient (Wildman–Crippen LogP) is 19.9. The summed E-state index contributed by atoms with van der Waals surface area (Å²) in [4.78, 5) is 46.9. The Morgan fingerprint density at radius 2 is 0.598 bits per heavy atom. The Morgan fingerprint density at radius 3 is 0.880 bits per heavy atom. The van der Waals surface area contributed by atoms with Crippen molar-refractivity contribution in [3.63, 3.8) is 0 Å². The van der Waals surface area contributed by atoms with Gasteiger partial charge in [-0.05, 0) is 25.7 Å². The number of likely N-dealkylation sites (N-methyl/N-ethyl adjacent to an activating group) is 1. The Kier molecular flexibility index (Phi) is 79.1.